The summed E-state index contributed by atoms with van der Waals surface area (Å²) in [6.07, 6.45) is 6.05. The number of nitrogens with one attached hydrogen (secondary N) is 1. The van der Waals surface area contributed by atoms with E-state index in [2.05, 4.69) is 17.1 Å². The molecule has 108 valence electrons. The molecule has 0 spiro atoms. The summed E-state index contributed by atoms with van der Waals surface area (Å²) in [6.45, 7) is 6.35. The second kappa shape index (κ2) is 5.41. The standard InChI is InChI=1S/C15H26N2O2/c1-2-13-10-17(7-8-19-13)14(18)15-6-4-3-5-12(15)9-16-11-15/h12-13,16H,2-11H2,1H3/t12-,13?,15+/m0/s1. The molecule has 2 aliphatic heterocycles. The van der Waals surface area contributed by atoms with Crippen molar-refractivity contribution in [3.05, 3.63) is 0 Å². The van der Waals surface area contributed by atoms with E-state index in [1.165, 1.54) is 19.3 Å². The molecule has 3 rings (SSSR count). The maximum Gasteiger partial charge on any atom is 0.230 e. The molecule has 1 unspecified atom stereocenters. The summed E-state index contributed by atoms with van der Waals surface area (Å²) in [5.41, 5.74) is -0.0894. The van der Waals surface area contributed by atoms with Gasteiger partial charge < -0.3 is 15.0 Å². The van der Waals surface area contributed by atoms with Crippen LogP contribution in [0.2, 0.25) is 0 Å². The van der Waals surface area contributed by atoms with Gasteiger partial charge in [-0.05, 0) is 31.7 Å². The van der Waals surface area contributed by atoms with Gasteiger partial charge >= 0.3 is 0 Å². The van der Waals surface area contributed by atoms with Crippen molar-refractivity contribution in [2.45, 2.75) is 45.1 Å². The first-order valence-corrected chi connectivity index (χ1v) is 7.88. The number of hydrogen-bond donors (Lipinski definition) is 1. The van der Waals surface area contributed by atoms with Crippen LogP contribution in [0, 0.1) is 11.3 Å². The van der Waals surface area contributed by atoms with Crippen LogP contribution in [0.1, 0.15) is 39.0 Å². The Balaban J connectivity index is 1.74. The highest BCUT2D eigenvalue weighted by molar-refractivity contribution is 5.84. The molecule has 0 radical (unpaired) electrons. The van der Waals surface area contributed by atoms with Crippen LogP contribution >= 0.6 is 0 Å². The Bertz CT molecular complexity index is 347. The second-order valence-electron chi connectivity index (χ2n) is 6.38. The number of amides is 1. The van der Waals surface area contributed by atoms with E-state index in [1.54, 1.807) is 0 Å². The molecule has 4 heteroatoms. The van der Waals surface area contributed by atoms with Crippen LogP contribution in [-0.2, 0) is 9.53 Å². The van der Waals surface area contributed by atoms with Crippen molar-refractivity contribution < 1.29 is 9.53 Å². The normalized spacial score (nSPS) is 39.1. The number of carbonyl (C=O) groups is 1. The van der Waals surface area contributed by atoms with Gasteiger partial charge in [-0.2, -0.15) is 0 Å². The molecule has 0 bridgehead atoms. The number of nitrogens with zero attached hydrogens (tertiary/aromatic N) is 1. The highest BCUT2D eigenvalue weighted by Crippen LogP contribution is 2.45. The lowest BCUT2D eigenvalue weighted by molar-refractivity contribution is -0.153. The molecule has 0 aromatic carbocycles. The molecule has 3 atom stereocenters. The third-order valence-corrected chi connectivity index (χ3v) is 5.35. The number of rotatable bonds is 2. The molecule has 1 saturated carbocycles. The van der Waals surface area contributed by atoms with E-state index in [0.29, 0.717) is 18.4 Å². The average Bonchev–Trinajstić information content (AvgIpc) is 2.91. The van der Waals surface area contributed by atoms with Crippen LogP contribution in [0.25, 0.3) is 0 Å². The Kier molecular flexibility index (Phi) is 3.81. The molecule has 2 saturated heterocycles. The van der Waals surface area contributed by atoms with Crippen LogP contribution in [0.15, 0.2) is 0 Å². The molecule has 19 heavy (non-hydrogen) atoms. The van der Waals surface area contributed by atoms with Crippen LogP contribution in [0.4, 0.5) is 0 Å². The number of morpholine rings is 1. The summed E-state index contributed by atoms with van der Waals surface area (Å²) in [5.74, 6) is 0.973. The summed E-state index contributed by atoms with van der Waals surface area (Å²) in [5, 5.41) is 3.47. The third-order valence-electron chi connectivity index (χ3n) is 5.35. The first-order chi connectivity index (χ1) is 9.26. The Labute approximate surface area is 115 Å². The SMILES string of the molecule is CCC1CN(C(=O)[C@@]23CCCC[C@H]2CNC3)CCO1. The zero-order chi connectivity index (χ0) is 13.3. The molecule has 3 aliphatic rings. The van der Waals surface area contributed by atoms with E-state index < -0.39 is 0 Å². The second-order valence-corrected chi connectivity index (χ2v) is 6.38. The van der Waals surface area contributed by atoms with Gasteiger partial charge in [0.05, 0.1) is 18.1 Å². The molecular formula is C15H26N2O2. The van der Waals surface area contributed by atoms with Gasteiger partial charge in [-0.15, -0.1) is 0 Å². The van der Waals surface area contributed by atoms with Crippen LogP contribution in [-0.4, -0.2) is 49.7 Å². The van der Waals surface area contributed by atoms with E-state index in [4.69, 9.17) is 4.74 Å². The van der Waals surface area contributed by atoms with Crippen LogP contribution < -0.4 is 5.32 Å². The van der Waals surface area contributed by atoms with E-state index in [9.17, 15) is 4.79 Å². The van der Waals surface area contributed by atoms with Gasteiger partial charge in [0, 0.05) is 19.6 Å². The van der Waals surface area contributed by atoms with Gasteiger partial charge in [-0.1, -0.05) is 19.8 Å². The van der Waals surface area contributed by atoms with Gasteiger partial charge in [0.15, 0.2) is 0 Å². The molecule has 1 amide bonds. The smallest absolute Gasteiger partial charge is 0.230 e. The van der Waals surface area contributed by atoms with Crippen LogP contribution in [0.3, 0.4) is 0 Å². The maximum atomic E-state index is 13.0. The Morgan fingerprint density at radius 1 is 1.47 bits per heavy atom. The van der Waals surface area contributed by atoms with Gasteiger partial charge in [0.2, 0.25) is 5.91 Å². The quantitative estimate of drug-likeness (QED) is 0.821. The minimum absolute atomic E-state index is 0.0894. The lowest BCUT2D eigenvalue weighted by atomic mass is 9.67. The average molecular weight is 266 g/mol. The molecule has 3 fully saturated rings. The van der Waals surface area contributed by atoms with Gasteiger partial charge in [-0.25, -0.2) is 0 Å². The Morgan fingerprint density at radius 2 is 2.37 bits per heavy atom. The molecule has 2 heterocycles. The van der Waals surface area contributed by atoms with Gasteiger partial charge in [-0.3, -0.25) is 4.79 Å². The Hall–Kier alpha value is -0.610. The van der Waals surface area contributed by atoms with Crippen molar-refractivity contribution in [2.24, 2.45) is 11.3 Å². The van der Waals surface area contributed by atoms with E-state index in [-0.39, 0.29) is 11.5 Å². The predicted molar refractivity (Wildman–Crippen MR) is 73.9 cm³/mol. The molecular weight excluding hydrogens is 240 g/mol. The monoisotopic (exact) mass is 266 g/mol. The number of ether oxygens (including phenoxy) is 1. The van der Waals surface area contributed by atoms with Crippen molar-refractivity contribution in [2.75, 3.05) is 32.8 Å². The lowest BCUT2D eigenvalue weighted by Crippen LogP contribution is -2.54. The fraction of sp³-hybridized carbons (Fsp3) is 0.933. The summed E-state index contributed by atoms with van der Waals surface area (Å²) < 4.78 is 5.69. The third kappa shape index (κ3) is 2.29. The summed E-state index contributed by atoms with van der Waals surface area (Å²) in [7, 11) is 0. The van der Waals surface area contributed by atoms with Crippen molar-refractivity contribution in [3.8, 4) is 0 Å². The molecule has 1 aliphatic carbocycles. The molecule has 0 aromatic heterocycles. The maximum absolute atomic E-state index is 13.0. The van der Waals surface area contributed by atoms with E-state index >= 15 is 0 Å². The first-order valence-electron chi connectivity index (χ1n) is 7.88. The molecule has 1 N–H and O–H groups in total. The van der Waals surface area contributed by atoms with Crippen molar-refractivity contribution in [1.82, 2.24) is 10.2 Å². The fourth-order valence-corrected chi connectivity index (χ4v) is 4.13. The highest BCUT2D eigenvalue weighted by atomic mass is 16.5. The number of hydrogen-bond acceptors (Lipinski definition) is 3. The highest BCUT2D eigenvalue weighted by Gasteiger charge is 2.51. The first kappa shape index (κ1) is 13.4. The fourth-order valence-electron chi connectivity index (χ4n) is 4.13. The zero-order valence-electron chi connectivity index (χ0n) is 12.0. The summed E-state index contributed by atoms with van der Waals surface area (Å²) >= 11 is 0. The molecule has 4 nitrogen and oxygen atoms in total. The van der Waals surface area contributed by atoms with E-state index in [1.807, 2.05) is 0 Å². The van der Waals surface area contributed by atoms with Gasteiger partial charge in [0.25, 0.3) is 0 Å². The van der Waals surface area contributed by atoms with Crippen molar-refractivity contribution in [1.29, 1.82) is 0 Å². The summed E-state index contributed by atoms with van der Waals surface area (Å²) in [6, 6.07) is 0. The van der Waals surface area contributed by atoms with Crippen molar-refractivity contribution in [3.63, 3.8) is 0 Å². The Morgan fingerprint density at radius 3 is 3.21 bits per heavy atom. The number of fused-ring (bicyclic) bond motifs is 1. The van der Waals surface area contributed by atoms with Gasteiger partial charge in [0.1, 0.15) is 0 Å². The minimum atomic E-state index is -0.0894. The van der Waals surface area contributed by atoms with Crippen LogP contribution in [0.5, 0.6) is 0 Å². The minimum Gasteiger partial charge on any atom is -0.375 e. The predicted octanol–water partition coefficient (Wildman–Crippen LogP) is 1.40. The topological polar surface area (TPSA) is 41.6 Å². The lowest BCUT2D eigenvalue weighted by Gasteiger charge is -2.43. The molecule has 0 aromatic rings. The van der Waals surface area contributed by atoms with Crippen molar-refractivity contribution >= 4 is 5.91 Å². The summed E-state index contributed by atoms with van der Waals surface area (Å²) in [4.78, 5) is 15.1. The van der Waals surface area contributed by atoms with E-state index in [0.717, 1.165) is 39.0 Å². The zero-order valence-corrected chi connectivity index (χ0v) is 12.0. The largest absolute Gasteiger partial charge is 0.375 e. The number of carbonyl (C=O) groups excluding carboxylic acids is 1.